The van der Waals surface area contributed by atoms with Crippen molar-refractivity contribution in [2.45, 2.75) is 26.6 Å². The summed E-state index contributed by atoms with van der Waals surface area (Å²) in [5, 5.41) is 8.68. The zero-order valence-corrected chi connectivity index (χ0v) is 18.6. The maximum absolute atomic E-state index is 12.5. The first-order valence-corrected chi connectivity index (χ1v) is 8.77. The number of benzene rings is 2. The Labute approximate surface area is 186 Å². The van der Waals surface area contributed by atoms with Crippen LogP contribution in [0.15, 0.2) is 53.5 Å². The summed E-state index contributed by atoms with van der Waals surface area (Å²) in [4.78, 5) is 16.0. The molecule has 0 fully saturated rings. The molecule has 0 heterocycles. The minimum Gasteiger partial charge on any atom is -0.434 e. The molecular weight excluding hydrogens is 493 g/mol. The average Bonchev–Trinajstić information content (AvgIpc) is 2.69. The molecule has 0 bridgehead atoms. The molecule has 0 saturated heterocycles. The van der Waals surface area contributed by atoms with Crippen LogP contribution in [-0.2, 0) is 17.9 Å². The molecule has 9 heteroatoms. The fourth-order valence-corrected chi connectivity index (χ4v) is 2.48. The largest absolute Gasteiger partial charge is 0.434 e. The Balaban J connectivity index is 0.00000420. The van der Waals surface area contributed by atoms with Crippen LogP contribution in [0.4, 0.5) is 8.78 Å². The van der Waals surface area contributed by atoms with E-state index in [-0.39, 0.29) is 48.7 Å². The van der Waals surface area contributed by atoms with Gasteiger partial charge in [0, 0.05) is 25.7 Å². The van der Waals surface area contributed by atoms with Gasteiger partial charge in [-0.1, -0.05) is 48.0 Å². The number of nitrogens with one attached hydrogen (secondary N) is 3. The lowest BCUT2D eigenvalue weighted by molar-refractivity contribution is -0.120. The third-order valence-corrected chi connectivity index (χ3v) is 3.85. The molecule has 0 aromatic heterocycles. The summed E-state index contributed by atoms with van der Waals surface area (Å²) < 4.78 is 29.6. The van der Waals surface area contributed by atoms with E-state index in [1.165, 1.54) is 6.07 Å². The SMILES string of the molecule is CN=C(NCC(=O)NCc1ccccc1)NCc1cc(C)ccc1OC(F)F.I. The lowest BCUT2D eigenvalue weighted by atomic mass is 10.1. The molecule has 2 aromatic carbocycles. The van der Waals surface area contributed by atoms with Gasteiger partial charge in [0.2, 0.25) is 5.91 Å². The number of guanidine groups is 1. The minimum absolute atomic E-state index is 0. The highest BCUT2D eigenvalue weighted by atomic mass is 127. The fourth-order valence-electron chi connectivity index (χ4n) is 2.48. The van der Waals surface area contributed by atoms with Gasteiger partial charge < -0.3 is 20.7 Å². The smallest absolute Gasteiger partial charge is 0.387 e. The number of nitrogens with zero attached hydrogens (tertiary/aromatic N) is 1. The molecule has 29 heavy (non-hydrogen) atoms. The second-order valence-corrected chi connectivity index (χ2v) is 6.03. The first-order valence-electron chi connectivity index (χ1n) is 8.77. The quantitative estimate of drug-likeness (QED) is 0.285. The van der Waals surface area contributed by atoms with Crippen LogP contribution in [0.2, 0.25) is 0 Å². The first kappa shape index (κ1) is 24.6. The summed E-state index contributed by atoms with van der Waals surface area (Å²) in [6.45, 7) is -0.354. The Morgan fingerprint density at radius 3 is 2.45 bits per heavy atom. The second kappa shape index (κ2) is 12.9. The molecule has 1 amide bonds. The predicted molar refractivity (Wildman–Crippen MR) is 120 cm³/mol. The van der Waals surface area contributed by atoms with Crippen LogP contribution in [0.25, 0.3) is 0 Å². The topological polar surface area (TPSA) is 74.8 Å². The monoisotopic (exact) mass is 518 g/mol. The second-order valence-electron chi connectivity index (χ2n) is 6.03. The van der Waals surface area contributed by atoms with Crippen LogP contribution in [0.3, 0.4) is 0 Å². The number of amides is 1. The van der Waals surface area contributed by atoms with Gasteiger partial charge in [0.1, 0.15) is 5.75 Å². The van der Waals surface area contributed by atoms with E-state index in [4.69, 9.17) is 0 Å². The fraction of sp³-hybridized carbons (Fsp3) is 0.300. The third kappa shape index (κ3) is 9.07. The van der Waals surface area contributed by atoms with E-state index >= 15 is 0 Å². The van der Waals surface area contributed by atoms with Gasteiger partial charge in [-0.05, 0) is 18.6 Å². The Kier molecular flexibility index (Phi) is 11.0. The average molecular weight is 518 g/mol. The first-order chi connectivity index (χ1) is 13.5. The molecule has 0 aliphatic carbocycles. The Hall–Kier alpha value is -2.43. The van der Waals surface area contributed by atoms with Gasteiger partial charge in [0.15, 0.2) is 5.96 Å². The van der Waals surface area contributed by atoms with E-state index in [2.05, 4.69) is 25.7 Å². The number of aryl methyl sites for hydroxylation is 1. The van der Waals surface area contributed by atoms with Gasteiger partial charge in [0.05, 0.1) is 6.54 Å². The molecule has 0 saturated carbocycles. The summed E-state index contributed by atoms with van der Waals surface area (Å²) in [7, 11) is 1.56. The van der Waals surface area contributed by atoms with Crippen molar-refractivity contribution in [2.75, 3.05) is 13.6 Å². The van der Waals surface area contributed by atoms with Crippen LogP contribution < -0.4 is 20.7 Å². The maximum atomic E-state index is 12.5. The van der Waals surface area contributed by atoms with Gasteiger partial charge in [-0.25, -0.2) is 0 Å². The molecule has 0 unspecified atom stereocenters. The molecule has 158 valence electrons. The number of carbonyl (C=O) groups excluding carboxylic acids is 1. The molecule has 0 atom stereocenters. The van der Waals surface area contributed by atoms with E-state index in [1.807, 2.05) is 37.3 Å². The summed E-state index contributed by atoms with van der Waals surface area (Å²) in [5.41, 5.74) is 2.49. The molecule has 0 radical (unpaired) electrons. The lowest BCUT2D eigenvalue weighted by Crippen LogP contribution is -2.42. The molecule has 3 N–H and O–H groups in total. The number of alkyl halides is 2. The maximum Gasteiger partial charge on any atom is 0.387 e. The molecule has 6 nitrogen and oxygen atoms in total. The van der Waals surface area contributed by atoms with Crippen molar-refractivity contribution < 1.29 is 18.3 Å². The van der Waals surface area contributed by atoms with E-state index in [0.29, 0.717) is 18.1 Å². The van der Waals surface area contributed by atoms with Gasteiger partial charge in [-0.3, -0.25) is 9.79 Å². The molecule has 0 aliphatic heterocycles. The molecule has 0 spiro atoms. The molecule has 0 aliphatic rings. The number of halogens is 3. The number of carbonyl (C=O) groups is 1. The number of ether oxygens (including phenoxy) is 1. The summed E-state index contributed by atoms with van der Waals surface area (Å²) in [5.74, 6) is 0.285. The van der Waals surface area contributed by atoms with Crippen LogP contribution in [0.5, 0.6) is 5.75 Å². The van der Waals surface area contributed by atoms with Gasteiger partial charge >= 0.3 is 6.61 Å². The minimum atomic E-state index is -2.90. The van der Waals surface area contributed by atoms with Crippen molar-refractivity contribution in [1.82, 2.24) is 16.0 Å². The van der Waals surface area contributed by atoms with Gasteiger partial charge in [-0.2, -0.15) is 8.78 Å². The van der Waals surface area contributed by atoms with Crippen molar-refractivity contribution in [3.8, 4) is 5.75 Å². The number of hydrogen-bond acceptors (Lipinski definition) is 3. The Bertz CT molecular complexity index is 804. The van der Waals surface area contributed by atoms with Gasteiger partial charge in [-0.15, -0.1) is 24.0 Å². The number of hydrogen-bond donors (Lipinski definition) is 3. The summed E-state index contributed by atoms with van der Waals surface area (Å²) >= 11 is 0. The van der Waals surface area contributed by atoms with Crippen LogP contribution in [0.1, 0.15) is 16.7 Å². The van der Waals surface area contributed by atoms with E-state index < -0.39 is 6.61 Å². The Morgan fingerprint density at radius 2 is 1.79 bits per heavy atom. The van der Waals surface area contributed by atoms with E-state index in [0.717, 1.165) is 11.1 Å². The summed E-state index contributed by atoms with van der Waals surface area (Å²) in [6, 6.07) is 14.5. The Morgan fingerprint density at radius 1 is 1.07 bits per heavy atom. The van der Waals surface area contributed by atoms with Crippen LogP contribution >= 0.6 is 24.0 Å². The molecule has 2 rings (SSSR count). The molecular formula is C20H25F2IN4O2. The summed E-state index contributed by atoms with van der Waals surface area (Å²) in [6.07, 6.45) is 0. The van der Waals surface area contributed by atoms with Crippen LogP contribution in [0, 0.1) is 6.92 Å². The molecule has 2 aromatic rings. The van der Waals surface area contributed by atoms with Crippen LogP contribution in [-0.4, -0.2) is 32.1 Å². The third-order valence-electron chi connectivity index (χ3n) is 3.85. The van der Waals surface area contributed by atoms with E-state index in [1.54, 1.807) is 19.2 Å². The zero-order chi connectivity index (χ0) is 20.4. The van der Waals surface area contributed by atoms with Crippen molar-refractivity contribution >= 4 is 35.8 Å². The highest BCUT2D eigenvalue weighted by Crippen LogP contribution is 2.21. The zero-order valence-electron chi connectivity index (χ0n) is 16.2. The normalized spacial score (nSPS) is 10.9. The number of aliphatic imine (C=N–C) groups is 1. The van der Waals surface area contributed by atoms with Crippen molar-refractivity contribution in [3.63, 3.8) is 0 Å². The van der Waals surface area contributed by atoms with Crippen molar-refractivity contribution in [1.29, 1.82) is 0 Å². The predicted octanol–water partition coefficient (Wildman–Crippen LogP) is 3.20. The lowest BCUT2D eigenvalue weighted by Gasteiger charge is -2.15. The highest BCUT2D eigenvalue weighted by molar-refractivity contribution is 14.0. The number of rotatable bonds is 8. The van der Waals surface area contributed by atoms with Gasteiger partial charge in [0.25, 0.3) is 0 Å². The standard InChI is InChI=1S/C20H24F2N4O2.HI/c1-14-8-9-17(28-19(21)22)16(10-14)12-25-20(23-2)26-13-18(27)24-11-15-6-4-3-5-7-15;/h3-10,19H,11-13H2,1-2H3,(H,24,27)(H2,23,25,26);1H. The van der Waals surface area contributed by atoms with E-state index in [9.17, 15) is 13.6 Å². The highest BCUT2D eigenvalue weighted by Gasteiger charge is 2.11. The van der Waals surface area contributed by atoms with Crippen molar-refractivity contribution in [2.24, 2.45) is 4.99 Å². The van der Waals surface area contributed by atoms with Crippen molar-refractivity contribution in [3.05, 3.63) is 65.2 Å².